The van der Waals surface area contributed by atoms with E-state index >= 15 is 0 Å². The predicted octanol–water partition coefficient (Wildman–Crippen LogP) is 4.15. The fraction of sp³-hybridized carbons (Fsp3) is 0.0556. The molecule has 0 radical (unpaired) electrons. The SMILES string of the molecule is Nc1cccc2oc(Cc3ccc4ccccc4c3)nc12. The van der Waals surface area contributed by atoms with Crippen LogP contribution in [0.1, 0.15) is 11.5 Å². The van der Waals surface area contributed by atoms with Crippen LogP contribution in [0.3, 0.4) is 0 Å². The number of nitrogens with zero attached hydrogens (tertiary/aromatic N) is 1. The van der Waals surface area contributed by atoms with Crippen LogP contribution >= 0.6 is 0 Å². The van der Waals surface area contributed by atoms with Crippen molar-refractivity contribution in [2.75, 3.05) is 5.73 Å². The van der Waals surface area contributed by atoms with E-state index in [9.17, 15) is 0 Å². The highest BCUT2D eigenvalue weighted by atomic mass is 16.3. The maximum Gasteiger partial charge on any atom is 0.199 e. The fourth-order valence-electron chi connectivity index (χ4n) is 2.61. The van der Waals surface area contributed by atoms with Crippen molar-refractivity contribution < 1.29 is 4.42 Å². The normalized spacial score (nSPS) is 11.2. The zero-order valence-corrected chi connectivity index (χ0v) is 11.4. The average Bonchev–Trinajstić information content (AvgIpc) is 2.91. The van der Waals surface area contributed by atoms with E-state index in [1.54, 1.807) is 0 Å². The largest absolute Gasteiger partial charge is 0.440 e. The van der Waals surface area contributed by atoms with E-state index in [-0.39, 0.29) is 0 Å². The van der Waals surface area contributed by atoms with Crippen LogP contribution in [0.4, 0.5) is 5.69 Å². The van der Waals surface area contributed by atoms with Crippen LogP contribution in [-0.2, 0) is 6.42 Å². The van der Waals surface area contributed by atoms with Crippen LogP contribution in [0.25, 0.3) is 21.9 Å². The number of nitrogens with two attached hydrogens (primary N) is 1. The van der Waals surface area contributed by atoms with Crippen molar-refractivity contribution in [1.29, 1.82) is 0 Å². The number of hydrogen-bond donors (Lipinski definition) is 1. The fourth-order valence-corrected chi connectivity index (χ4v) is 2.61. The Hall–Kier alpha value is -2.81. The minimum atomic E-state index is 0.654. The van der Waals surface area contributed by atoms with Crippen LogP contribution in [0.2, 0.25) is 0 Å². The molecule has 0 spiro atoms. The van der Waals surface area contributed by atoms with Gasteiger partial charge < -0.3 is 10.2 Å². The third-order valence-electron chi connectivity index (χ3n) is 3.66. The molecule has 0 fully saturated rings. The van der Waals surface area contributed by atoms with Crippen LogP contribution in [0.5, 0.6) is 0 Å². The van der Waals surface area contributed by atoms with E-state index < -0.39 is 0 Å². The Kier molecular flexibility index (Phi) is 2.64. The molecule has 0 unspecified atom stereocenters. The maximum absolute atomic E-state index is 5.91. The lowest BCUT2D eigenvalue weighted by Crippen LogP contribution is -1.89. The van der Waals surface area contributed by atoms with Crippen molar-refractivity contribution >= 4 is 27.6 Å². The van der Waals surface area contributed by atoms with Gasteiger partial charge in [-0.05, 0) is 28.5 Å². The second-order valence-electron chi connectivity index (χ2n) is 5.16. The Morgan fingerprint density at radius 2 is 1.76 bits per heavy atom. The Bertz CT molecular complexity index is 940. The average molecular weight is 274 g/mol. The van der Waals surface area contributed by atoms with E-state index in [0.717, 1.165) is 11.1 Å². The molecule has 0 aliphatic rings. The number of rotatable bonds is 2. The van der Waals surface area contributed by atoms with Gasteiger partial charge in [-0.15, -0.1) is 0 Å². The monoisotopic (exact) mass is 274 g/mol. The number of aromatic nitrogens is 1. The predicted molar refractivity (Wildman–Crippen MR) is 85.2 cm³/mol. The lowest BCUT2D eigenvalue weighted by Gasteiger charge is -2.01. The Morgan fingerprint density at radius 1 is 0.905 bits per heavy atom. The number of oxazole rings is 1. The molecule has 3 heteroatoms. The molecule has 1 heterocycles. The van der Waals surface area contributed by atoms with Gasteiger partial charge in [0.25, 0.3) is 0 Å². The third kappa shape index (κ3) is 2.13. The summed E-state index contributed by atoms with van der Waals surface area (Å²) in [7, 11) is 0. The second kappa shape index (κ2) is 4.63. The Morgan fingerprint density at radius 3 is 2.62 bits per heavy atom. The van der Waals surface area contributed by atoms with E-state index in [0.29, 0.717) is 18.0 Å². The molecule has 102 valence electrons. The highest BCUT2D eigenvalue weighted by molar-refractivity contribution is 5.85. The summed E-state index contributed by atoms with van der Waals surface area (Å²) in [6, 6.07) is 20.3. The number of fused-ring (bicyclic) bond motifs is 2. The summed E-state index contributed by atoms with van der Waals surface area (Å²) in [6.07, 6.45) is 0.666. The van der Waals surface area contributed by atoms with Gasteiger partial charge in [0.1, 0.15) is 5.52 Å². The molecule has 4 rings (SSSR count). The summed E-state index contributed by atoms with van der Waals surface area (Å²) in [5.74, 6) is 0.693. The summed E-state index contributed by atoms with van der Waals surface area (Å²) in [6.45, 7) is 0. The molecular weight excluding hydrogens is 260 g/mol. The topological polar surface area (TPSA) is 52.0 Å². The molecule has 0 aliphatic carbocycles. The Labute approximate surface area is 122 Å². The van der Waals surface area contributed by atoms with Gasteiger partial charge >= 0.3 is 0 Å². The lowest BCUT2D eigenvalue weighted by molar-refractivity contribution is 0.544. The first-order valence-corrected chi connectivity index (χ1v) is 6.91. The number of para-hydroxylation sites is 1. The van der Waals surface area contributed by atoms with Gasteiger partial charge in [0, 0.05) is 6.42 Å². The summed E-state index contributed by atoms with van der Waals surface area (Å²) in [5.41, 5.74) is 9.23. The molecule has 2 N–H and O–H groups in total. The van der Waals surface area contributed by atoms with E-state index in [1.807, 2.05) is 30.3 Å². The molecular formula is C18H14N2O. The quantitative estimate of drug-likeness (QED) is 0.558. The molecule has 3 aromatic carbocycles. The summed E-state index contributed by atoms with van der Waals surface area (Å²) >= 11 is 0. The molecule has 0 aliphatic heterocycles. The molecule has 3 nitrogen and oxygen atoms in total. The van der Waals surface area contributed by atoms with E-state index in [4.69, 9.17) is 10.2 Å². The van der Waals surface area contributed by atoms with Gasteiger partial charge in [-0.25, -0.2) is 4.98 Å². The van der Waals surface area contributed by atoms with E-state index in [1.165, 1.54) is 16.3 Å². The van der Waals surface area contributed by atoms with Crippen LogP contribution in [0.15, 0.2) is 65.1 Å². The second-order valence-corrected chi connectivity index (χ2v) is 5.16. The van der Waals surface area contributed by atoms with Crippen LogP contribution < -0.4 is 5.73 Å². The molecule has 4 aromatic rings. The van der Waals surface area contributed by atoms with Crippen molar-refractivity contribution in [3.05, 3.63) is 72.1 Å². The molecule has 0 saturated heterocycles. The first kappa shape index (κ1) is 12.0. The highest BCUT2D eigenvalue weighted by Crippen LogP contribution is 2.23. The Balaban J connectivity index is 1.73. The van der Waals surface area contributed by atoms with Gasteiger partial charge in [-0.1, -0.05) is 48.5 Å². The summed E-state index contributed by atoms with van der Waals surface area (Å²) in [4.78, 5) is 4.50. The van der Waals surface area contributed by atoms with E-state index in [2.05, 4.69) is 35.3 Å². The molecule has 0 amide bonds. The number of benzene rings is 3. The molecule has 0 atom stereocenters. The van der Waals surface area contributed by atoms with Gasteiger partial charge in [-0.2, -0.15) is 0 Å². The number of anilines is 1. The molecule has 1 aromatic heterocycles. The van der Waals surface area contributed by atoms with Gasteiger partial charge in [-0.3, -0.25) is 0 Å². The smallest absolute Gasteiger partial charge is 0.199 e. The van der Waals surface area contributed by atoms with Crippen molar-refractivity contribution in [3.63, 3.8) is 0 Å². The van der Waals surface area contributed by atoms with Gasteiger partial charge in [0.2, 0.25) is 0 Å². The minimum absolute atomic E-state index is 0.654. The standard InChI is InChI=1S/C18H14N2O/c19-15-6-3-7-16-18(15)20-17(21-16)11-12-8-9-13-4-1-2-5-14(13)10-12/h1-10H,11,19H2. The van der Waals surface area contributed by atoms with Crippen molar-refractivity contribution in [2.45, 2.75) is 6.42 Å². The summed E-state index contributed by atoms with van der Waals surface area (Å²) < 4.78 is 5.77. The first-order chi connectivity index (χ1) is 10.3. The van der Waals surface area contributed by atoms with Crippen molar-refractivity contribution in [3.8, 4) is 0 Å². The van der Waals surface area contributed by atoms with Gasteiger partial charge in [0.05, 0.1) is 5.69 Å². The summed E-state index contributed by atoms with van der Waals surface area (Å²) in [5, 5.41) is 2.47. The number of hydrogen-bond acceptors (Lipinski definition) is 3. The van der Waals surface area contributed by atoms with Crippen molar-refractivity contribution in [2.24, 2.45) is 0 Å². The molecule has 0 saturated carbocycles. The molecule has 21 heavy (non-hydrogen) atoms. The minimum Gasteiger partial charge on any atom is -0.440 e. The highest BCUT2D eigenvalue weighted by Gasteiger charge is 2.09. The number of nitrogen functional groups attached to an aromatic ring is 1. The van der Waals surface area contributed by atoms with Crippen molar-refractivity contribution in [1.82, 2.24) is 4.98 Å². The molecule has 0 bridgehead atoms. The zero-order valence-electron chi connectivity index (χ0n) is 11.4. The maximum atomic E-state index is 5.91. The lowest BCUT2D eigenvalue weighted by atomic mass is 10.1. The van der Waals surface area contributed by atoms with Gasteiger partial charge in [0.15, 0.2) is 11.5 Å². The van der Waals surface area contributed by atoms with Crippen LogP contribution in [0, 0.1) is 0 Å². The third-order valence-corrected chi connectivity index (χ3v) is 3.66. The van der Waals surface area contributed by atoms with Crippen LogP contribution in [-0.4, -0.2) is 4.98 Å². The first-order valence-electron chi connectivity index (χ1n) is 6.91. The zero-order chi connectivity index (χ0) is 14.2.